The molecule has 2 aromatic carbocycles. The van der Waals surface area contributed by atoms with Gasteiger partial charge in [0.15, 0.2) is 0 Å². The van der Waals surface area contributed by atoms with E-state index in [0.717, 1.165) is 6.42 Å². The maximum absolute atomic E-state index is 13.2. The summed E-state index contributed by atoms with van der Waals surface area (Å²) in [7, 11) is -3.68. The van der Waals surface area contributed by atoms with Crippen molar-refractivity contribution in [3.63, 3.8) is 0 Å². The molecule has 5 nitrogen and oxygen atoms in total. The summed E-state index contributed by atoms with van der Waals surface area (Å²) in [4.78, 5) is 12.7. The number of nitrogens with one attached hydrogen (secondary N) is 1. The summed E-state index contributed by atoms with van der Waals surface area (Å²) in [6, 6.07) is 9.91. The lowest BCUT2D eigenvalue weighted by Gasteiger charge is -2.34. The third-order valence-electron chi connectivity index (χ3n) is 4.75. The Balaban J connectivity index is 1.84. The number of halogens is 2. The van der Waals surface area contributed by atoms with Gasteiger partial charge >= 0.3 is 0 Å². The Labute approximate surface area is 173 Å². The number of sulfonamides is 1. The average Bonchev–Trinajstić information content (AvgIpc) is 2.63. The van der Waals surface area contributed by atoms with E-state index in [0.29, 0.717) is 35.1 Å². The van der Waals surface area contributed by atoms with Crippen LogP contribution in [0, 0.1) is 17.7 Å². The number of amides is 1. The number of hydrogen-bond acceptors (Lipinski definition) is 3. The molecule has 0 saturated carbocycles. The topological polar surface area (TPSA) is 66.5 Å². The molecule has 28 heavy (non-hydrogen) atoms. The Morgan fingerprint density at radius 3 is 2.46 bits per heavy atom. The highest BCUT2D eigenvalue weighted by Crippen LogP contribution is 2.28. The summed E-state index contributed by atoms with van der Waals surface area (Å²) in [5.41, 5.74) is 0.619. The van der Waals surface area contributed by atoms with Crippen LogP contribution in [0.5, 0.6) is 0 Å². The average molecular weight is 469 g/mol. The van der Waals surface area contributed by atoms with E-state index in [2.05, 4.69) is 21.2 Å². The Kier molecular flexibility index (Phi) is 6.21. The quantitative estimate of drug-likeness (QED) is 0.717. The van der Waals surface area contributed by atoms with Crippen LogP contribution in [0.25, 0.3) is 0 Å². The van der Waals surface area contributed by atoms with Gasteiger partial charge in [0.2, 0.25) is 10.0 Å². The summed E-state index contributed by atoms with van der Waals surface area (Å²) < 4.78 is 41.2. The molecule has 2 aromatic rings. The van der Waals surface area contributed by atoms with Crippen LogP contribution in [-0.2, 0) is 10.0 Å². The minimum absolute atomic E-state index is 0.0969. The first-order valence-electron chi connectivity index (χ1n) is 9.03. The zero-order valence-electron chi connectivity index (χ0n) is 15.7. The first kappa shape index (κ1) is 21.0. The van der Waals surface area contributed by atoms with Crippen molar-refractivity contribution in [2.24, 2.45) is 11.8 Å². The number of anilines is 1. The van der Waals surface area contributed by atoms with Gasteiger partial charge in [-0.05, 0) is 70.6 Å². The van der Waals surface area contributed by atoms with Crippen molar-refractivity contribution < 1.29 is 17.6 Å². The van der Waals surface area contributed by atoms with E-state index < -0.39 is 21.7 Å². The van der Waals surface area contributed by atoms with Crippen LogP contribution in [0.15, 0.2) is 51.8 Å². The Morgan fingerprint density at radius 2 is 1.82 bits per heavy atom. The van der Waals surface area contributed by atoms with Crippen molar-refractivity contribution in [1.29, 1.82) is 0 Å². The van der Waals surface area contributed by atoms with Crippen LogP contribution in [-0.4, -0.2) is 31.7 Å². The molecule has 0 aromatic heterocycles. The molecule has 1 aliphatic heterocycles. The minimum atomic E-state index is -3.68. The second-order valence-corrected chi connectivity index (χ2v) is 10.2. The number of carbonyl (C=O) groups excluding carboxylic acids is 1. The Hall–Kier alpha value is -1.77. The number of carbonyl (C=O) groups is 1. The highest BCUT2D eigenvalue weighted by atomic mass is 79.9. The molecular formula is C20H22BrFN2O3S. The van der Waals surface area contributed by atoms with E-state index in [1.54, 1.807) is 12.1 Å². The van der Waals surface area contributed by atoms with Gasteiger partial charge in [0.1, 0.15) is 5.82 Å². The van der Waals surface area contributed by atoms with E-state index in [1.807, 2.05) is 13.8 Å². The van der Waals surface area contributed by atoms with Gasteiger partial charge in [-0.2, -0.15) is 4.31 Å². The lowest BCUT2D eigenvalue weighted by Crippen LogP contribution is -2.42. The Bertz CT molecular complexity index is 987. The Morgan fingerprint density at radius 1 is 1.14 bits per heavy atom. The molecule has 0 spiro atoms. The highest BCUT2D eigenvalue weighted by molar-refractivity contribution is 9.10. The van der Waals surface area contributed by atoms with Crippen LogP contribution in [0.3, 0.4) is 0 Å². The zero-order valence-corrected chi connectivity index (χ0v) is 18.1. The summed E-state index contributed by atoms with van der Waals surface area (Å²) in [6.07, 6.45) is 1.00. The van der Waals surface area contributed by atoms with Gasteiger partial charge < -0.3 is 5.32 Å². The van der Waals surface area contributed by atoms with Gasteiger partial charge in [0, 0.05) is 23.1 Å². The number of rotatable bonds is 4. The maximum atomic E-state index is 13.2. The van der Waals surface area contributed by atoms with Gasteiger partial charge in [-0.3, -0.25) is 4.79 Å². The van der Waals surface area contributed by atoms with Crippen molar-refractivity contribution in [3.05, 3.63) is 58.3 Å². The first-order valence-corrected chi connectivity index (χ1v) is 11.3. The molecule has 8 heteroatoms. The number of piperidine rings is 1. The molecule has 1 saturated heterocycles. The summed E-state index contributed by atoms with van der Waals surface area (Å²) >= 11 is 3.20. The molecule has 1 aliphatic rings. The number of nitrogens with zero attached hydrogens (tertiary/aromatic N) is 1. The molecule has 2 unspecified atom stereocenters. The van der Waals surface area contributed by atoms with E-state index in [4.69, 9.17) is 0 Å². The molecule has 0 bridgehead atoms. The van der Waals surface area contributed by atoms with Gasteiger partial charge in [-0.25, -0.2) is 12.8 Å². The third kappa shape index (κ3) is 4.61. The van der Waals surface area contributed by atoms with Gasteiger partial charge in [0.05, 0.1) is 10.6 Å². The van der Waals surface area contributed by atoms with Crippen LogP contribution in [0.2, 0.25) is 0 Å². The van der Waals surface area contributed by atoms with Gasteiger partial charge in [-0.15, -0.1) is 0 Å². The minimum Gasteiger partial charge on any atom is -0.321 e. The van der Waals surface area contributed by atoms with Crippen molar-refractivity contribution in [2.75, 3.05) is 18.4 Å². The van der Waals surface area contributed by atoms with E-state index in [-0.39, 0.29) is 10.5 Å². The predicted octanol–water partition coefficient (Wildman–Crippen LogP) is 4.51. The SMILES string of the molecule is CC1CC(C)CN(S(=O)(=O)c2cccc(C(=O)Nc3ccc(F)cc3Br)c2)C1. The molecule has 1 N–H and O–H groups in total. The van der Waals surface area contributed by atoms with E-state index in [9.17, 15) is 17.6 Å². The normalized spacial score (nSPS) is 20.7. The van der Waals surface area contributed by atoms with Crippen LogP contribution in [0.4, 0.5) is 10.1 Å². The zero-order chi connectivity index (χ0) is 20.5. The molecular weight excluding hydrogens is 447 g/mol. The maximum Gasteiger partial charge on any atom is 0.255 e. The summed E-state index contributed by atoms with van der Waals surface area (Å²) in [5.74, 6) is -0.311. The second-order valence-electron chi connectivity index (χ2n) is 7.37. The first-order chi connectivity index (χ1) is 13.2. The smallest absolute Gasteiger partial charge is 0.255 e. The van der Waals surface area contributed by atoms with Crippen molar-refractivity contribution >= 4 is 37.5 Å². The third-order valence-corrected chi connectivity index (χ3v) is 7.23. The lowest BCUT2D eigenvalue weighted by atomic mass is 9.94. The van der Waals surface area contributed by atoms with Gasteiger partial charge in [-0.1, -0.05) is 19.9 Å². The molecule has 1 fully saturated rings. The summed E-state index contributed by atoms with van der Waals surface area (Å²) in [5, 5.41) is 2.67. The molecule has 0 radical (unpaired) electrons. The number of benzene rings is 2. The molecule has 1 amide bonds. The number of hydrogen-bond donors (Lipinski definition) is 1. The second kappa shape index (κ2) is 8.31. The fourth-order valence-electron chi connectivity index (χ4n) is 3.53. The van der Waals surface area contributed by atoms with Crippen molar-refractivity contribution in [3.8, 4) is 0 Å². The van der Waals surface area contributed by atoms with E-state index in [1.165, 1.54) is 34.6 Å². The lowest BCUT2D eigenvalue weighted by molar-refractivity contribution is 0.102. The van der Waals surface area contributed by atoms with Crippen molar-refractivity contribution in [1.82, 2.24) is 4.31 Å². The standard InChI is InChI=1S/C20H22BrFN2O3S/c1-13-8-14(2)12-24(11-13)28(26,27)17-5-3-4-15(9-17)20(25)23-19-7-6-16(22)10-18(19)21/h3-7,9-10,13-14H,8,11-12H2,1-2H3,(H,23,25). The fourth-order valence-corrected chi connectivity index (χ4v) is 5.71. The highest BCUT2D eigenvalue weighted by Gasteiger charge is 2.32. The van der Waals surface area contributed by atoms with Gasteiger partial charge in [0.25, 0.3) is 5.91 Å². The molecule has 0 aliphatic carbocycles. The van der Waals surface area contributed by atoms with Crippen LogP contribution >= 0.6 is 15.9 Å². The predicted molar refractivity (Wildman–Crippen MR) is 110 cm³/mol. The molecule has 1 heterocycles. The van der Waals surface area contributed by atoms with Crippen LogP contribution < -0.4 is 5.32 Å². The molecule has 150 valence electrons. The summed E-state index contributed by atoms with van der Waals surface area (Å²) in [6.45, 7) is 5.04. The fraction of sp³-hybridized carbons (Fsp3) is 0.350. The van der Waals surface area contributed by atoms with Crippen LogP contribution in [0.1, 0.15) is 30.6 Å². The van der Waals surface area contributed by atoms with Crippen molar-refractivity contribution in [2.45, 2.75) is 25.2 Å². The van der Waals surface area contributed by atoms with E-state index >= 15 is 0 Å². The largest absolute Gasteiger partial charge is 0.321 e. The monoisotopic (exact) mass is 468 g/mol. The molecule has 3 rings (SSSR count). The molecule has 2 atom stereocenters.